The molecule has 0 atom stereocenters. The zero-order valence-corrected chi connectivity index (χ0v) is 19.3. The van der Waals surface area contributed by atoms with E-state index in [0.717, 1.165) is 48.8 Å². The van der Waals surface area contributed by atoms with Crippen LogP contribution in [0, 0.1) is 40.5 Å². The molecule has 0 fully saturated rings. The number of benzene rings is 3. The first kappa shape index (κ1) is 26.9. The fourth-order valence-corrected chi connectivity index (χ4v) is 3.18. The number of nitro benzene ring substituents is 4. The minimum absolute atomic E-state index is 0.0392. The summed E-state index contributed by atoms with van der Waals surface area (Å²) in [5.41, 5.74) is 2.29. The maximum atomic E-state index is 11.2. The summed E-state index contributed by atoms with van der Waals surface area (Å²) in [6, 6.07) is 8.38. The quantitative estimate of drug-likeness (QED) is 0.181. The average Bonchev–Trinajstić information content (AvgIpc) is 2.86. The second kappa shape index (κ2) is 11.4. The highest BCUT2D eigenvalue weighted by Gasteiger charge is 2.20. The number of phenols is 1. The molecule has 0 amide bonds. The molecule has 0 bridgehead atoms. The second-order valence-electron chi connectivity index (χ2n) is 7.10. The first-order valence-corrected chi connectivity index (χ1v) is 10.3. The number of hydrogen-bond acceptors (Lipinski definition) is 13. The molecule has 0 radical (unpaired) electrons. The van der Waals surface area contributed by atoms with Crippen LogP contribution in [0.3, 0.4) is 0 Å². The van der Waals surface area contributed by atoms with E-state index in [9.17, 15) is 45.6 Å². The van der Waals surface area contributed by atoms with E-state index in [0.29, 0.717) is 0 Å². The Morgan fingerprint density at radius 2 is 1.08 bits per heavy atom. The standard InChI is InChI=1S/C20H13ClN8O9/c21-13-5-11(9-22-24-16-3-1-14(26(31)32)7-18(16)28(35)36)20(30)12(6-13)10-23-25-17-4-2-15(27(33)34)8-19(17)29(37)38/h1-10,24-25,30H/b22-9+,23-10+. The van der Waals surface area contributed by atoms with Gasteiger partial charge in [0.15, 0.2) is 0 Å². The predicted octanol–water partition coefficient (Wildman–Crippen LogP) is 4.57. The summed E-state index contributed by atoms with van der Waals surface area (Å²) in [5.74, 6) is -0.387. The van der Waals surface area contributed by atoms with Gasteiger partial charge in [0.1, 0.15) is 17.1 Å². The van der Waals surface area contributed by atoms with Crippen LogP contribution in [-0.2, 0) is 0 Å². The third kappa shape index (κ3) is 6.29. The first-order chi connectivity index (χ1) is 18.0. The van der Waals surface area contributed by atoms with Crippen molar-refractivity contribution in [1.29, 1.82) is 0 Å². The average molecular weight is 545 g/mol. The number of anilines is 2. The minimum atomic E-state index is -0.835. The molecule has 38 heavy (non-hydrogen) atoms. The number of hydrazone groups is 2. The van der Waals surface area contributed by atoms with Gasteiger partial charge in [-0.05, 0) is 24.3 Å². The van der Waals surface area contributed by atoms with Crippen LogP contribution in [0.15, 0.2) is 58.7 Å². The molecule has 0 aromatic heterocycles. The van der Waals surface area contributed by atoms with Crippen LogP contribution in [0.1, 0.15) is 11.1 Å². The van der Waals surface area contributed by atoms with Gasteiger partial charge >= 0.3 is 11.4 Å². The van der Waals surface area contributed by atoms with Crippen molar-refractivity contribution >= 4 is 58.2 Å². The van der Waals surface area contributed by atoms with Crippen LogP contribution in [0.2, 0.25) is 5.02 Å². The summed E-state index contributed by atoms with van der Waals surface area (Å²) < 4.78 is 0. The normalized spacial score (nSPS) is 11.0. The molecule has 3 aromatic carbocycles. The second-order valence-corrected chi connectivity index (χ2v) is 7.54. The van der Waals surface area contributed by atoms with E-state index in [1.165, 1.54) is 12.1 Å². The molecule has 0 unspecified atom stereocenters. The molecule has 3 N–H and O–H groups in total. The summed E-state index contributed by atoms with van der Waals surface area (Å²) in [6.07, 6.45) is 2.14. The van der Waals surface area contributed by atoms with Crippen molar-refractivity contribution in [2.75, 3.05) is 10.9 Å². The lowest BCUT2D eigenvalue weighted by Gasteiger charge is -2.06. The number of hydrogen-bond donors (Lipinski definition) is 3. The molecule has 3 rings (SSSR count). The maximum absolute atomic E-state index is 11.2. The van der Waals surface area contributed by atoms with Crippen LogP contribution < -0.4 is 10.9 Å². The molecule has 0 aliphatic carbocycles. The Hall–Kier alpha value is -5.71. The predicted molar refractivity (Wildman–Crippen MR) is 135 cm³/mol. The van der Waals surface area contributed by atoms with Crippen LogP contribution in [0.25, 0.3) is 0 Å². The number of nitrogens with one attached hydrogen (secondary N) is 2. The molecule has 0 saturated carbocycles. The van der Waals surface area contributed by atoms with E-state index in [1.807, 2.05) is 0 Å². The Morgan fingerprint density at radius 1 is 0.684 bits per heavy atom. The van der Waals surface area contributed by atoms with Crippen LogP contribution >= 0.6 is 11.6 Å². The van der Waals surface area contributed by atoms with Gasteiger partial charge in [0, 0.05) is 28.3 Å². The maximum Gasteiger partial charge on any atom is 0.301 e. The van der Waals surface area contributed by atoms with Crippen molar-refractivity contribution in [3.05, 3.63) is 105 Å². The summed E-state index contributed by atoms with van der Waals surface area (Å²) >= 11 is 6.06. The van der Waals surface area contributed by atoms with E-state index in [2.05, 4.69) is 21.1 Å². The molecule has 0 spiro atoms. The van der Waals surface area contributed by atoms with Gasteiger partial charge in [-0.3, -0.25) is 51.3 Å². The van der Waals surface area contributed by atoms with Crippen molar-refractivity contribution in [3.63, 3.8) is 0 Å². The van der Waals surface area contributed by atoms with Crippen LogP contribution in [0.4, 0.5) is 34.1 Å². The van der Waals surface area contributed by atoms with Gasteiger partial charge < -0.3 is 5.11 Å². The highest BCUT2D eigenvalue weighted by atomic mass is 35.5. The molecular formula is C20H13ClN8O9. The lowest BCUT2D eigenvalue weighted by Crippen LogP contribution is -2.00. The molecule has 194 valence electrons. The van der Waals surface area contributed by atoms with Crippen molar-refractivity contribution in [2.45, 2.75) is 0 Å². The SMILES string of the molecule is O=[N+]([O-])c1ccc(N/N=C/c2cc(Cl)cc(/C=N/Nc3ccc([N+](=O)[O-])cc3[N+](=O)[O-])c2O)c([N+](=O)[O-])c1. The number of phenolic OH excluding ortho intramolecular Hbond substituents is 1. The zero-order valence-electron chi connectivity index (χ0n) is 18.5. The Labute approximate surface area is 215 Å². The Balaban J connectivity index is 1.82. The molecule has 17 nitrogen and oxygen atoms in total. The first-order valence-electron chi connectivity index (χ1n) is 9.94. The Bertz CT molecular complexity index is 1420. The fraction of sp³-hybridized carbons (Fsp3) is 0. The van der Waals surface area contributed by atoms with Crippen molar-refractivity contribution in [2.24, 2.45) is 10.2 Å². The van der Waals surface area contributed by atoms with Crippen LogP contribution in [0.5, 0.6) is 5.75 Å². The number of nitro groups is 4. The van der Waals surface area contributed by atoms with Gasteiger partial charge in [0.05, 0.1) is 44.3 Å². The smallest absolute Gasteiger partial charge is 0.301 e. The topological polar surface area (TPSA) is 242 Å². The van der Waals surface area contributed by atoms with E-state index < -0.39 is 42.4 Å². The molecule has 3 aromatic rings. The van der Waals surface area contributed by atoms with Gasteiger partial charge in [-0.15, -0.1) is 0 Å². The van der Waals surface area contributed by atoms with Gasteiger partial charge in [-0.1, -0.05) is 11.6 Å². The lowest BCUT2D eigenvalue weighted by molar-refractivity contribution is -0.393. The molecule has 0 aliphatic heterocycles. The highest BCUT2D eigenvalue weighted by Crippen LogP contribution is 2.31. The fourth-order valence-electron chi connectivity index (χ4n) is 2.94. The highest BCUT2D eigenvalue weighted by molar-refractivity contribution is 6.31. The van der Waals surface area contributed by atoms with Crippen molar-refractivity contribution in [3.8, 4) is 5.75 Å². The largest absolute Gasteiger partial charge is 0.507 e. The summed E-state index contributed by atoms with van der Waals surface area (Å²) in [6.45, 7) is 0. The van der Waals surface area contributed by atoms with Gasteiger partial charge in [-0.2, -0.15) is 10.2 Å². The number of rotatable bonds is 10. The van der Waals surface area contributed by atoms with Gasteiger partial charge in [-0.25, -0.2) is 0 Å². The summed E-state index contributed by atoms with van der Waals surface area (Å²) in [5, 5.41) is 62.4. The minimum Gasteiger partial charge on any atom is -0.507 e. The Kier molecular flexibility index (Phi) is 8.03. The molecular weight excluding hydrogens is 532 g/mol. The van der Waals surface area contributed by atoms with Gasteiger partial charge in [0.25, 0.3) is 11.4 Å². The van der Waals surface area contributed by atoms with E-state index in [4.69, 9.17) is 11.6 Å². The van der Waals surface area contributed by atoms with E-state index >= 15 is 0 Å². The number of aromatic hydroxyl groups is 1. The molecule has 18 heteroatoms. The van der Waals surface area contributed by atoms with E-state index in [1.54, 1.807) is 0 Å². The molecule has 0 heterocycles. The summed E-state index contributed by atoms with van der Waals surface area (Å²) in [4.78, 5) is 40.9. The number of nitrogens with zero attached hydrogens (tertiary/aromatic N) is 6. The third-order valence-corrected chi connectivity index (χ3v) is 4.91. The molecule has 0 aliphatic rings. The number of halogens is 1. The summed E-state index contributed by atoms with van der Waals surface area (Å²) in [7, 11) is 0. The van der Waals surface area contributed by atoms with Crippen molar-refractivity contribution < 1.29 is 24.8 Å². The third-order valence-electron chi connectivity index (χ3n) is 4.69. The molecule has 0 saturated heterocycles. The zero-order chi connectivity index (χ0) is 28.0. The van der Waals surface area contributed by atoms with Crippen LogP contribution in [-0.4, -0.2) is 37.2 Å². The Morgan fingerprint density at radius 3 is 1.42 bits per heavy atom. The van der Waals surface area contributed by atoms with E-state index in [-0.39, 0.29) is 33.3 Å². The number of non-ortho nitro benzene ring substituents is 2. The van der Waals surface area contributed by atoms with Gasteiger partial charge in [0.2, 0.25) is 0 Å². The monoisotopic (exact) mass is 544 g/mol. The van der Waals surface area contributed by atoms with Crippen molar-refractivity contribution in [1.82, 2.24) is 0 Å². The lowest BCUT2D eigenvalue weighted by atomic mass is 10.1.